The maximum atomic E-state index is 11.7. The largest absolute Gasteiger partial charge is 0.691 e. The topological polar surface area (TPSA) is 63.4 Å². The van der Waals surface area contributed by atoms with E-state index < -0.39 is 0 Å². The number of hydrogen-bond acceptors (Lipinski definition) is 4. The summed E-state index contributed by atoms with van der Waals surface area (Å²) in [5, 5.41) is 16.0. The summed E-state index contributed by atoms with van der Waals surface area (Å²) in [5.41, 5.74) is 4.04. The number of rotatable bonds is 3. The van der Waals surface area contributed by atoms with Crippen LogP contribution in [0, 0.1) is 5.21 Å². The summed E-state index contributed by atoms with van der Waals surface area (Å²) in [5.74, 6) is 0. The number of hydrogen-bond donors (Lipinski definition) is 1. The Kier molecular flexibility index (Phi) is 3.07. The van der Waals surface area contributed by atoms with Gasteiger partial charge in [0, 0.05) is 0 Å². The number of fused-ring (bicyclic) bond motifs is 1. The van der Waals surface area contributed by atoms with Crippen molar-refractivity contribution in [1.29, 1.82) is 0 Å². The van der Waals surface area contributed by atoms with Crippen LogP contribution in [-0.4, -0.2) is 9.84 Å². The average Bonchev–Trinajstić information content (AvgIpc) is 2.88. The van der Waals surface area contributed by atoms with E-state index in [1.54, 1.807) is 24.3 Å². The predicted molar refractivity (Wildman–Crippen MR) is 75.4 cm³/mol. The lowest BCUT2D eigenvalue weighted by molar-refractivity contribution is -0.439. The van der Waals surface area contributed by atoms with Gasteiger partial charge >= 0.3 is 0 Å². The second-order valence-corrected chi connectivity index (χ2v) is 4.84. The Morgan fingerprint density at radius 2 is 1.79 bits per heavy atom. The minimum Gasteiger partial charge on any atom is -0.691 e. The lowest BCUT2D eigenvalue weighted by Gasteiger charge is -2.03. The van der Waals surface area contributed by atoms with Crippen LogP contribution in [-0.2, 0) is 0 Å². The molecule has 0 amide bonds. The molecule has 94 valence electrons. The van der Waals surface area contributed by atoms with E-state index in [0.717, 1.165) is 10.2 Å². The fourth-order valence-electron chi connectivity index (χ4n) is 1.62. The molecule has 0 spiro atoms. The lowest BCUT2D eigenvalue weighted by atomic mass is 10.3. The van der Waals surface area contributed by atoms with Crippen LogP contribution in [0.15, 0.2) is 59.8 Å². The molecule has 0 fully saturated rings. The Morgan fingerprint density at radius 1 is 1.05 bits per heavy atom. The van der Waals surface area contributed by atoms with E-state index in [4.69, 9.17) is 0 Å². The van der Waals surface area contributed by atoms with Gasteiger partial charge in [0.05, 0.1) is 15.4 Å². The van der Waals surface area contributed by atoms with Crippen molar-refractivity contribution in [1.82, 2.24) is 4.98 Å². The van der Waals surface area contributed by atoms with Crippen LogP contribution >= 0.6 is 11.3 Å². The van der Waals surface area contributed by atoms with Gasteiger partial charge in [-0.15, -0.1) is 10.3 Å². The second-order valence-electron chi connectivity index (χ2n) is 3.81. The van der Waals surface area contributed by atoms with E-state index in [0.29, 0.717) is 15.7 Å². The number of nitrogens with zero attached hydrogens (tertiary/aromatic N) is 3. The average molecular weight is 270 g/mol. The Labute approximate surface area is 113 Å². The maximum absolute atomic E-state index is 11.7. The van der Waals surface area contributed by atoms with Crippen molar-refractivity contribution in [3.63, 3.8) is 0 Å². The highest BCUT2D eigenvalue weighted by Crippen LogP contribution is 2.25. The van der Waals surface area contributed by atoms with Crippen molar-refractivity contribution in [2.45, 2.75) is 0 Å². The molecule has 0 atom stereocenters. The molecule has 19 heavy (non-hydrogen) atoms. The van der Waals surface area contributed by atoms with E-state index in [2.05, 4.69) is 15.6 Å². The van der Waals surface area contributed by atoms with E-state index in [1.807, 2.05) is 30.3 Å². The van der Waals surface area contributed by atoms with Gasteiger partial charge in [0.15, 0.2) is 5.69 Å². The summed E-state index contributed by atoms with van der Waals surface area (Å²) >= 11 is 1.45. The third-order valence-electron chi connectivity index (χ3n) is 2.51. The number of para-hydroxylation sites is 2. The predicted octanol–water partition coefficient (Wildman–Crippen LogP) is 3.92. The summed E-state index contributed by atoms with van der Waals surface area (Å²) in [6, 6.07) is 16.6. The highest BCUT2D eigenvalue weighted by atomic mass is 32.1. The molecule has 6 heteroatoms. The van der Waals surface area contributed by atoms with E-state index in [9.17, 15) is 5.21 Å². The molecule has 3 rings (SSSR count). The third-order valence-corrected chi connectivity index (χ3v) is 3.45. The normalized spacial score (nSPS) is 11.7. The summed E-state index contributed by atoms with van der Waals surface area (Å²) in [6.07, 6.45) is 0. The molecule has 1 N–H and O–H groups in total. The number of thiazole rings is 1. The standard InChI is InChI=1S/C13H10N4OS/c18-17(10-6-2-1-3-7-10)16-15-13-14-11-8-4-5-9-12(11)19-13/h1-9H,(H,14,15)/b17-16-. The SMILES string of the molecule is [O-]/[N+](=N\Nc1nc2ccccc2s1)c1ccccc1. The van der Waals surface area contributed by atoms with Crippen molar-refractivity contribution in [2.75, 3.05) is 5.43 Å². The molecule has 3 aromatic rings. The Bertz CT molecular complexity index is 691. The van der Waals surface area contributed by atoms with E-state index in [1.165, 1.54) is 11.3 Å². The number of nitrogens with one attached hydrogen (secondary N) is 1. The summed E-state index contributed by atoms with van der Waals surface area (Å²) in [4.78, 5) is 4.86. The van der Waals surface area contributed by atoms with Gasteiger partial charge in [0.1, 0.15) is 0 Å². The first-order valence-corrected chi connectivity index (χ1v) is 6.49. The van der Waals surface area contributed by atoms with Crippen LogP contribution in [0.2, 0.25) is 0 Å². The summed E-state index contributed by atoms with van der Waals surface area (Å²) in [7, 11) is 0. The molecule has 0 saturated heterocycles. The van der Waals surface area contributed by atoms with Crippen molar-refractivity contribution >= 4 is 32.4 Å². The number of anilines is 1. The summed E-state index contributed by atoms with van der Waals surface area (Å²) in [6.45, 7) is 0. The zero-order chi connectivity index (χ0) is 13.1. The second kappa shape index (κ2) is 5.03. The smallest absolute Gasteiger partial charge is 0.298 e. The maximum Gasteiger partial charge on any atom is 0.298 e. The molecular formula is C13H10N4OS. The number of aromatic nitrogens is 1. The molecule has 0 bridgehead atoms. The molecule has 0 radical (unpaired) electrons. The molecule has 1 heterocycles. The highest BCUT2D eigenvalue weighted by Gasteiger charge is 2.06. The molecular weight excluding hydrogens is 260 g/mol. The van der Waals surface area contributed by atoms with Gasteiger partial charge in [-0.1, -0.05) is 41.7 Å². The molecule has 5 nitrogen and oxygen atoms in total. The van der Waals surface area contributed by atoms with Crippen molar-refractivity contribution in [3.8, 4) is 0 Å². The van der Waals surface area contributed by atoms with Gasteiger partial charge in [-0.05, 0) is 24.3 Å². The van der Waals surface area contributed by atoms with Crippen LogP contribution in [0.1, 0.15) is 0 Å². The van der Waals surface area contributed by atoms with E-state index in [-0.39, 0.29) is 0 Å². The van der Waals surface area contributed by atoms with Crippen LogP contribution in [0.4, 0.5) is 10.8 Å². The van der Waals surface area contributed by atoms with Gasteiger partial charge < -0.3 is 5.21 Å². The quantitative estimate of drug-likeness (QED) is 0.445. The monoisotopic (exact) mass is 270 g/mol. The first-order valence-electron chi connectivity index (χ1n) is 5.67. The van der Waals surface area contributed by atoms with Crippen LogP contribution in [0.25, 0.3) is 10.2 Å². The third kappa shape index (κ3) is 2.53. The van der Waals surface area contributed by atoms with Crippen LogP contribution in [0.5, 0.6) is 0 Å². The molecule has 0 aliphatic carbocycles. The fourth-order valence-corrected chi connectivity index (χ4v) is 2.43. The first kappa shape index (κ1) is 11.6. The van der Waals surface area contributed by atoms with Gasteiger partial charge in [0.25, 0.3) is 5.13 Å². The van der Waals surface area contributed by atoms with Gasteiger partial charge in [-0.3, -0.25) is 0 Å². The van der Waals surface area contributed by atoms with Crippen LogP contribution < -0.4 is 5.43 Å². The Morgan fingerprint density at radius 3 is 2.58 bits per heavy atom. The van der Waals surface area contributed by atoms with Gasteiger partial charge in [-0.2, -0.15) is 4.98 Å². The first-order chi connectivity index (χ1) is 9.33. The van der Waals surface area contributed by atoms with Crippen molar-refractivity contribution in [3.05, 3.63) is 59.8 Å². The lowest BCUT2D eigenvalue weighted by Crippen LogP contribution is -1.97. The molecule has 2 aromatic carbocycles. The highest BCUT2D eigenvalue weighted by molar-refractivity contribution is 7.22. The number of benzene rings is 2. The summed E-state index contributed by atoms with van der Waals surface area (Å²) < 4.78 is 1.05. The molecule has 0 aliphatic rings. The zero-order valence-corrected chi connectivity index (χ0v) is 10.7. The van der Waals surface area contributed by atoms with E-state index >= 15 is 0 Å². The molecule has 0 aliphatic heterocycles. The van der Waals surface area contributed by atoms with Gasteiger partial charge in [-0.25, -0.2) is 0 Å². The molecule has 0 saturated carbocycles. The van der Waals surface area contributed by atoms with Crippen LogP contribution in [0.3, 0.4) is 0 Å². The molecule has 0 unspecified atom stereocenters. The Hall–Kier alpha value is -2.47. The minimum atomic E-state index is 0.469. The Balaban J connectivity index is 1.82. The van der Waals surface area contributed by atoms with Crippen molar-refractivity contribution in [2.24, 2.45) is 5.22 Å². The fraction of sp³-hybridized carbons (Fsp3) is 0. The van der Waals surface area contributed by atoms with Crippen molar-refractivity contribution < 1.29 is 4.86 Å². The van der Waals surface area contributed by atoms with Gasteiger partial charge in [0.2, 0.25) is 0 Å². The zero-order valence-electron chi connectivity index (χ0n) is 9.85. The minimum absolute atomic E-state index is 0.469. The molecule has 1 aromatic heterocycles.